The first-order valence-electron chi connectivity index (χ1n) is 13.6. The van der Waals surface area contributed by atoms with Gasteiger partial charge in [-0.3, -0.25) is 4.98 Å². The molecule has 3 nitrogen and oxygen atoms in total. The van der Waals surface area contributed by atoms with Gasteiger partial charge < -0.3 is 10.4 Å². The number of nitrogens with zero attached hydrogens (tertiary/aromatic N) is 2. The average Bonchev–Trinajstić information content (AvgIpc) is 3.17. The van der Waals surface area contributed by atoms with Gasteiger partial charge in [0.05, 0.1) is 6.10 Å². The summed E-state index contributed by atoms with van der Waals surface area (Å²) in [7, 11) is 0. The highest BCUT2D eigenvalue weighted by atomic mass is 16.3. The monoisotopic (exact) mass is 439 g/mol. The molecule has 2 bridgehead atoms. The Bertz CT molecular complexity index is 726. The predicted molar refractivity (Wildman–Crippen MR) is 134 cm³/mol. The Labute approximate surface area is 197 Å². The quantitative estimate of drug-likeness (QED) is 0.508. The van der Waals surface area contributed by atoms with Crippen LogP contribution in [0.4, 0.5) is 0 Å². The van der Waals surface area contributed by atoms with E-state index < -0.39 is 0 Å². The van der Waals surface area contributed by atoms with Crippen LogP contribution in [0.2, 0.25) is 0 Å². The summed E-state index contributed by atoms with van der Waals surface area (Å²) in [6.45, 7) is 12.0. The van der Waals surface area contributed by atoms with E-state index >= 15 is 0 Å². The van der Waals surface area contributed by atoms with Gasteiger partial charge in [0.2, 0.25) is 0 Å². The molecule has 0 radical (unpaired) electrons. The van der Waals surface area contributed by atoms with E-state index in [2.05, 4.69) is 44.8 Å². The van der Waals surface area contributed by atoms with Gasteiger partial charge in [0, 0.05) is 11.4 Å². The lowest BCUT2D eigenvalue weighted by molar-refractivity contribution is 0.0299. The number of rotatable bonds is 6. The predicted octanol–water partition coefficient (Wildman–Crippen LogP) is 7.23. The Morgan fingerprint density at radius 2 is 1.66 bits per heavy atom. The van der Waals surface area contributed by atoms with Crippen LogP contribution in [-0.4, -0.2) is 22.2 Å². The lowest BCUT2D eigenvalue weighted by atomic mass is 9.59. The number of fused-ring (bicyclic) bond motifs is 3. The fourth-order valence-corrected chi connectivity index (χ4v) is 7.87. The van der Waals surface area contributed by atoms with Gasteiger partial charge in [-0.15, -0.1) is 12.6 Å². The zero-order valence-electron chi connectivity index (χ0n) is 21.3. The van der Waals surface area contributed by atoms with Crippen LogP contribution in [0.1, 0.15) is 95.5 Å². The zero-order chi connectivity index (χ0) is 22.8. The minimum atomic E-state index is -0.165. The maximum atomic E-state index is 10.0. The number of aliphatic hydroxyl groups excluding tert-OH is 1. The summed E-state index contributed by atoms with van der Waals surface area (Å²) in [4.78, 5) is 4.55. The highest BCUT2D eigenvalue weighted by Gasteiger charge is 2.43. The summed E-state index contributed by atoms with van der Waals surface area (Å²) >= 11 is 0. The van der Waals surface area contributed by atoms with Gasteiger partial charge in [-0.05, 0) is 101 Å². The second-order valence-corrected chi connectivity index (χ2v) is 12.0. The van der Waals surface area contributed by atoms with Crippen LogP contribution in [-0.2, 0) is 6.54 Å². The second kappa shape index (κ2) is 10.6. The van der Waals surface area contributed by atoms with Crippen molar-refractivity contribution < 1.29 is 5.11 Å². The van der Waals surface area contributed by atoms with Crippen LogP contribution < -0.4 is 0 Å². The van der Waals surface area contributed by atoms with Gasteiger partial charge in [-0.1, -0.05) is 51.0 Å². The van der Waals surface area contributed by atoms with Gasteiger partial charge in [-0.25, -0.2) is 0 Å². The number of hydrogen-bond donors (Lipinski definition) is 1. The molecule has 0 amide bonds. The van der Waals surface area contributed by atoms with Crippen LogP contribution >= 0.6 is 0 Å². The SMILES string of the molecule is Cc1cc(C[N-]C2CC3CCC(C3)CC3[C@@H](CCC(C)O)[C@H](C)CC[C@H]3[C@H]2C)cc(C)n1. The van der Waals surface area contributed by atoms with Crippen molar-refractivity contribution >= 4 is 0 Å². The fourth-order valence-electron chi connectivity index (χ4n) is 7.87. The van der Waals surface area contributed by atoms with Crippen molar-refractivity contribution in [1.29, 1.82) is 0 Å². The number of aromatic nitrogens is 1. The molecule has 4 rings (SSSR count). The van der Waals surface area contributed by atoms with Gasteiger partial charge >= 0.3 is 0 Å². The Morgan fingerprint density at radius 1 is 0.969 bits per heavy atom. The molecule has 1 aromatic heterocycles. The summed E-state index contributed by atoms with van der Waals surface area (Å²) in [5.41, 5.74) is 3.55. The van der Waals surface area contributed by atoms with Gasteiger partial charge in [0.1, 0.15) is 0 Å². The highest BCUT2D eigenvalue weighted by molar-refractivity contribution is 5.23. The molecular weight excluding hydrogens is 392 g/mol. The number of hydrogen-bond acceptors (Lipinski definition) is 2. The minimum absolute atomic E-state index is 0.165. The van der Waals surface area contributed by atoms with E-state index in [0.717, 1.165) is 59.9 Å². The van der Waals surface area contributed by atoms with Gasteiger partial charge in [-0.2, -0.15) is 0 Å². The number of aryl methyl sites for hydroxylation is 2. The standard InChI is InChI=1S/C29H47N2O/c1-18-6-10-27-22(5)29(30-17-25-12-19(2)31-20(3)13-25)16-24-9-8-23(14-24)15-28(27)26(18)11-7-21(4)32/h12-13,18,21-24,26-29,32H,6-11,14-17H2,1-5H3/q-1/t18-,21?,22-,23?,24?,26+,27+,28?,29?/m1/s1. The molecule has 180 valence electrons. The first-order chi connectivity index (χ1) is 15.3. The molecule has 0 aromatic carbocycles. The second-order valence-electron chi connectivity index (χ2n) is 12.0. The van der Waals surface area contributed by atoms with E-state index in [0.29, 0.717) is 12.0 Å². The van der Waals surface area contributed by atoms with E-state index in [4.69, 9.17) is 5.32 Å². The Morgan fingerprint density at radius 3 is 2.34 bits per heavy atom. The Kier molecular flexibility index (Phi) is 7.98. The summed E-state index contributed by atoms with van der Waals surface area (Å²) in [5.74, 6) is 5.71. The molecule has 3 aliphatic carbocycles. The normalized spacial score (nSPS) is 38.4. The molecule has 32 heavy (non-hydrogen) atoms. The molecule has 3 saturated carbocycles. The van der Waals surface area contributed by atoms with Crippen molar-refractivity contribution in [3.8, 4) is 0 Å². The van der Waals surface area contributed by atoms with Crippen molar-refractivity contribution in [1.82, 2.24) is 4.98 Å². The molecule has 1 N–H and O–H groups in total. The maximum Gasteiger partial charge on any atom is 0.0512 e. The molecule has 0 aliphatic heterocycles. The van der Waals surface area contributed by atoms with Gasteiger partial charge in [0.15, 0.2) is 0 Å². The first-order valence-corrected chi connectivity index (χ1v) is 13.6. The molecule has 1 aromatic rings. The summed E-state index contributed by atoms with van der Waals surface area (Å²) in [5, 5.41) is 15.4. The van der Waals surface area contributed by atoms with Crippen molar-refractivity contribution in [3.05, 3.63) is 34.4 Å². The van der Waals surface area contributed by atoms with E-state index in [-0.39, 0.29) is 6.10 Å². The summed E-state index contributed by atoms with van der Waals surface area (Å²) < 4.78 is 0. The van der Waals surface area contributed by atoms with Crippen LogP contribution in [0.25, 0.3) is 5.32 Å². The van der Waals surface area contributed by atoms with E-state index in [9.17, 15) is 5.11 Å². The molecule has 0 spiro atoms. The Balaban J connectivity index is 1.53. The molecule has 3 aliphatic rings. The third-order valence-corrected chi connectivity index (χ3v) is 9.47. The lowest BCUT2D eigenvalue weighted by Crippen LogP contribution is -2.41. The number of aliphatic hydroxyl groups is 1. The number of pyridine rings is 1. The van der Waals surface area contributed by atoms with Crippen LogP contribution in [0.5, 0.6) is 0 Å². The lowest BCUT2D eigenvalue weighted by Gasteiger charge is -2.50. The molecule has 0 saturated heterocycles. The Hall–Kier alpha value is -0.930. The van der Waals surface area contributed by atoms with Crippen molar-refractivity contribution in [2.24, 2.45) is 41.4 Å². The topological polar surface area (TPSA) is 47.2 Å². The molecule has 3 fully saturated rings. The average molecular weight is 440 g/mol. The molecule has 5 unspecified atom stereocenters. The van der Waals surface area contributed by atoms with Crippen LogP contribution in [0.3, 0.4) is 0 Å². The van der Waals surface area contributed by atoms with E-state index in [1.54, 1.807) is 0 Å². The summed E-state index contributed by atoms with van der Waals surface area (Å²) in [6.07, 6.45) is 11.8. The molecular formula is C29H47N2O-. The first kappa shape index (κ1) is 24.2. The highest BCUT2D eigenvalue weighted by Crippen LogP contribution is 2.53. The van der Waals surface area contributed by atoms with Crippen molar-refractivity contribution in [2.45, 2.75) is 111 Å². The third-order valence-electron chi connectivity index (χ3n) is 9.47. The minimum Gasteiger partial charge on any atom is -0.655 e. The van der Waals surface area contributed by atoms with Crippen LogP contribution in [0, 0.1) is 55.3 Å². The molecule has 1 heterocycles. The molecule has 9 atom stereocenters. The van der Waals surface area contributed by atoms with Crippen molar-refractivity contribution in [2.75, 3.05) is 0 Å². The van der Waals surface area contributed by atoms with Gasteiger partial charge in [0.25, 0.3) is 0 Å². The van der Waals surface area contributed by atoms with Crippen molar-refractivity contribution in [3.63, 3.8) is 0 Å². The van der Waals surface area contributed by atoms with Crippen LogP contribution in [0.15, 0.2) is 12.1 Å². The molecule has 3 heteroatoms. The summed E-state index contributed by atoms with van der Waals surface area (Å²) in [6, 6.07) is 4.93. The van der Waals surface area contributed by atoms with E-state index in [1.165, 1.54) is 56.9 Å². The zero-order valence-corrected chi connectivity index (χ0v) is 21.3. The maximum absolute atomic E-state index is 10.0. The third kappa shape index (κ3) is 5.76. The fraction of sp³-hybridized carbons (Fsp3) is 0.828. The largest absolute Gasteiger partial charge is 0.655 e. The smallest absolute Gasteiger partial charge is 0.0512 e. The van der Waals surface area contributed by atoms with E-state index in [1.807, 2.05) is 6.92 Å².